The Hall–Kier alpha value is -1.63. The van der Waals surface area contributed by atoms with E-state index in [9.17, 15) is 4.39 Å². The smallest absolute Gasteiger partial charge is 0.250 e. The number of ether oxygens (including phenoxy) is 1. The van der Waals surface area contributed by atoms with Gasteiger partial charge in [-0.05, 0) is 11.6 Å². The number of rotatable bonds is 2. The number of nitriles is 1. The first kappa shape index (κ1) is 8.47. The summed E-state index contributed by atoms with van der Waals surface area (Å²) in [7, 11) is 1.34. The van der Waals surface area contributed by atoms with Crippen LogP contribution in [0.5, 0.6) is 5.88 Å². The molecule has 0 aliphatic heterocycles. The number of nitrogens with zero attached hydrogens (tertiary/aromatic N) is 2. The molecule has 0 aromatic carbocycles. The standard InChI is InChI=1S/C8H7FN2O/c1-12-8-7(9)4-6(2-3-10)5-11-8/h4-5H,2H2,1H3. The zero-order chi connectivity index (χ0) is 8.97. The zero-order valence-corrected chi connectivity index (χ0v) is 6.54. The van der Waals surface area contributed by atoms with E-state index in [1.54, 1.807) is 0 Å². The van der Waals surface area contributed by atoms with Crippen molar-refractivity contribution in [2.24, 2.45) is 0 Å². The van der Waals surface area contributed by atoms with E-state index in [2.05, 4.69) is 9.72 Å². The van der Waals surface area contributed by atoms with Crippen molar-refractivity contribution in [3.05, 3.63) is 23.6 Å². The van der Waals surface area contributed by atoms with E-state index < -0.39 is 5.82 Å². The predicted octanol–water partition coefficient (Wildman–Crippen LogP) is 1.30. The molecular formula is C8H7FN2O. The van der Waals surface area contributed by atoms with E-state index in [-0.39, 0.29) is 12.3 Å². The van der Waals surface area contributed by atoms with Gasteiger partial charge in [-0.2, -0.15) is 5.26 Å². The SMILES string of the molecule is COc1ncc(CC#N)cc1F. The Morgan fingerprint density at radius 3 is 3.00 bits per heavy atom. The summed E-state index contributed by atoms with van der Waals surface area (Å²) in [6.07, 6.45) is 1.58. The number of pyridine rings is 1. The summed E-state index contributed by atoms with van der Waals surface area (Å²) in [5.41, 5.74) is 0.552. The molecule has 62 valence electrons. The third-order valence-electron chi connectivity index (χ3n) is 1.34. The zero-order valence-electron chi connectivity index (χ0n) is 6.54. The number of halogens is 1. The molecule has 1 aromatic rings. The van der Waals surface area contributed by atoms with E-state index >= 15 is 0 Å². The van der Waals surface area contributed by atoms with Crippen molar-refractivity contribution in [1.82, 2.24) is 4.98 Å². The van der Waals surface area contributed by atoms with E-state index in [1.807, 2.05) is 6.07 Å². The molecule has 0 bridgehead atoms. The van der Waals surface area contributed by atoms with Crippen LogP contribution in [0, 0.1) is 17.1 Å². The molecule has 0 N–H and O–H groups in total. The average Bonchev–Trinajstić information content (AvgIpc) is 2.05. The van der Waals surface area contributed by atoms with Crippen LogP contribution in [0.15, 0.2) is 12.3 Å². The second-order valence-corrected chi connectivity index (χ2v) is 2.17. The summed E-state index contributed by atoms with van der Waals surface area (Å²) >= 11 is 0. The predicted molar refractivity (Wildman–Crippen MR) is 40.1 cm³/mol. The second-order valence-electron chi connectivity index (χ2n) is 2.17. The molecule has 0 saturated heterocycles. The van der Waals surface area contributed by atoms with Gasteiger partial charge in [-0.1, -0.05) is 0 Å². The molecule has 3 nitrogen and oxygen atoms in total. The van der Waals surface area contributed by atoms with Crippen LogP contribution in [0.3, 0.4) is 0 Å². The van der Waals surface area contributed by atoms with Gasteiger partial charge in [0.15, 0.2) is 5.82 Å². The summed E-state index contributed by atoms with van der Waals surface area (Å²) in [4.78, 5) is 3.67. The van der Waals surface area contributed by atoms with Gasteiger partial charge in [0, 0.05) is 6.20 Å². The lowest BCUT2D eigenvalue weighted by Crippen LogP contribution is -1.93. The minimum absolute atomic E-state index is 0.0447. The third-order valence-corrected chi connectivity index (χ3v) is 1.34. The maximum absolute atomic E-state index is 12.9. The van der Waals surface area contributed by atoms with Crippen LogP contribution in [-0.2, 0) is 6.42 Å². The van der Waals surface area contributed by atoms with E-state index in [0.29, 0.717) is 5.56 Å². The Bertz CT molecular complexity index is 319. The van der Waals surface area contributed by atoms with Gasteiger partial charge in [0.25, 0.3) is 0 Å². The Kier molecular flexibility index (Phi) is 2.59. The fourth-order valence-corrected chi connectivity index (χ4v) is 0.803. The van der Waals surface area contributed by atoms with Gasteiger partial charge in [0.2, 0.25) is 5.88 Å². The maximum Gasteiger partial charge on any atom is 0.250 e. The topological polar surface area (TPSA) is 45.9 Å². The molecule has 0 amide bonds. The highest BCUT2D eigenvalue weighted by atomic mass is 19.1. The van der Waals surface area contributed by atoms with Crippen LogP contribution >= 0.6 is 0 Å². The minimum Gasteiger partial charge on any atom is -0.479 e. The molecule has 0 atom stereocenters. The molecular weight excluding hydrogens is 159 g/mol. The van der Waals surface area contributed by atoms with Gasteiger partial charge in [0.05, 0.1) is 19.6 Å². The first-order chi connectivity index (χ1) is 5.77. The maximum atomic E-state index is 12.9. The molecule has 12 heavy (non-hydrogen) atoms. The lowest BCUT2D eigenvalue weighted by atomic mass is 10.2. The molecule has 0 aliphatic rings. The van der Waals surface area contributed by atoms with E-state index in [0.717, 1.165) is 0 Å². The van der Waals surface area contributed by atoms with Crippen molar-refractivity contribution >= 4 is 0 Å². The molecule has 1 aromatic heterocycles. The third kappa shape index (κ3) is 1.70. The van der Waals surface area contributed by atoms with Crippen molar-refractivity contribution in [1.29, 1.82) is 5.26 Å². The van der Waals surface area contributed by atoms with Crippen LogP contribution in [-0.4, -0.2) is 12.1 Å². The molecule has 1 heterocycles. The normalized spacial score (nSPS) is 9.08. The first-order valence-electron chi connectivity index (χ1n) is 3.33. The number of hydrogen-bond donors (Lipinski definition) is 0. The molecule has 0 spiro atoms. The molecule has 0 saturated carbocycles. The molecule has 0 radical (unpaired) electrons. The molecule has 0 unspecified atom stereocenters. The molecule has 0 fully saturated rings. The fraction of sp³-hybridized carbons (Fsp3) is 0.250. The second kappa shape index (κ2) is 3.67. The van der Waals surface area contributed by atoms with Crippen LogP contribution < -0.4 is 4.74 Å². The monoisotopic (exact) mass is 166 g/mol. The van der Waals surface area contributed by atoms with Crippen molar-refractivity contribution < 1.29 is 9.13 Å². The summed E-state index contributed by atoms with van der Waals surface area (Å²) in [5, 5.41) is 8.31. The van der Waals surface area contributed by atoms with Crippen molar-refractivity contribution in [2.75, 3.05) is 7.11 Å². The van der Waals surface area contributed by atoms with Crippen molar-refractivity contribution in [2.45, 2.75) is 6.42 Å². The lowest BCUT2D eigenvalue weighted by molar-refractivity contribution is 0.368. The van der Waals surface area contributed by atoms with E-state index in [1.165, 1.54) is 19.4 Å². The van der Waals surface area contributed by atoms with Gasteiger partial charge < -0.3 is 4.74 Å². The van der Waals surface area contributed by atoms with Gasteiger partial charge in [-0.15, -0.1) is 0 Å². The van der Waals surface area contributed by atoms with E-state index in [4.69, 9.17) is 5.26 Å². The Labute approximate surface area is 69.4 Å². The Balaban J connectivity index is 2.95. The van der Waals surface area contributed by atoms with Gasteiger partial charge >= 0.3 is 0 Å². The number of methoxy groups -OCH3 is 1. The largest absolute Gasteiger partial charge is 0.479 e. The van der Waals surface area contributed by atoms with Gasteiger partial charge in [0.1, 0.15) is 0 Å². The Morgan fingerprint density at radius 2 is 2.50 bits per heavy atom. The summed E-state index contributed by atoms with van der Waals surface area (Å²) in [6, 6.07) is 3.15. The highest BCUT2D eigenvalue weighted by Gasteiger charge is 2.03. The summed E-state index contributed by atoms with van der Waals surface area (Å²) in [6.45, 7) is 0. The van der Waals surface area contributed by atoms with Crippen molar-refractivity contribution in [3.63, 3.8) is 0 Å². The summed E-state index contributed by atoms with van der Waals surface area (Å²) < 4.78 is 17.5. The fourth-order valence-electron chi connectivity index (χ4n) is 0.803. The number of hydrogen-bond acceptors (Lipinski definition) is 3. The molecule has 1 rings (SSSR count). The van der Waals surface area contributed by atoms with Gasteiger partial charge in [-0.25, -0.2) is 9.37 Å². The lowest BCUT2D eigenvalue weighted by Gasteiger charge is -2.00. The molecule has 0 aliphatic carbocycles. The first-order valence-corrected chi connectivity index (χ1v) is 3.33. The highest BCUT2D eigenvalue weighted by Crippen LogP contribution is 2.13. The van der Waals surface area contributed by atoms with Crippen LogP contribution in [0.4, 0.5) is 4.39 Å². The summed E-state index contributed by atoms with van der Waals surface area (Å²) in [5.74, 6) is -0.582. The van der Waals surface area contributed by atoms with Crippen molar-refractivity contribution in [3.8, 4) is 11.9 Å². The Morgan fingerprint density at radius 1 is 1.75 bits per heavy atom. The average molecular weight is 166 g/mol. The number of aromatic nitrogens is 1. The van der Waals surface area contributed by atoms with Gasteiger partial charge in [-0.3, -0.25) is 0 Å². The van der Waals surface area contributed by atoms with Crippen LogP contribution in [0.25, 0.3) is 0 Å². The van der Waals surface area contributed by atoms with Crippen LogP contribution in [0.1, 0.15) is 5.56 Å². The van der Waals surface area contributed by atoms with Crippen LogP contribution in [0.2, 0.25) is 0 Å². The minimum atomic E-state index is -0.537. The molecule has 4 heteroatoms. The quantitative estimate of drug-likeness (QED) is 0.665. The highest BCUT2D eigenvalue weighted by molar-refractivity contribution is 5.22.